The molecule has 0 saturated carbocycles. The van der Waals surface area contributed by atoms with E-state index < -0.39 is 6.10 Å². The maximum Gasteiger partial charge on any atom is 0.223 e. The molecular formula is C19H24FN3O2. The Hall–Kier alpha value is -2.21. The Labute approximate surface area is 147 Å². The summed E-state index contributed by atoms with van der Waals surface area (Å²) in [6, 6.07) is 6.00. The number of hydrogen-bond acceptors (Lipinski definition) is 3. The maximum absolute atomic E-state index is 13.5. The van der Waals surface area contributed by atoms with Crippen LogP contribution in [0.4, 0.5) is 4.39 Å². The summed E-state index contributed by atoms with van der Waals surface area (Å²) in [4.78, 5) is 14.4. The first-order valence-electron chi connectivity index (χ1n) is 8.59. The smallest absolute Gasteiger partial charge is 0.223 e. The van der Waals surface area contributed by atoms with E-state index in [4.69, 9.17) is 0 Å². The number of aliphatic hydroxyl groups is 1. The second-order valence-electron chi connectivity index (χ2n) is 6.78. The van der Waals surface area contributed by atoms with Gasteiger partial charge < -0.3 is 10.0 Å². The number of aryl methyl sites for hydroxylation is 2. The molecule has 1 saturated heterocycles. The number of rotatable bonds is 4. The first-order valence-corrected chi connectivity index (χ1v) is 8.59. The zero-order valence-corrected chi connectivity index (χ0v) is 14.9. The molecule has 1 aromatic carbocycles. The first-order chi connectivity index (χ1) is 11.9. The van der Waals surface area contributed by atoms with Crippen molar-refractivity contribution in [3.8, 4) is 0 Å². The van der Waals surface area contributed by atoms with Crippen molar-refractivity contribution in [1.82, 2.24) is 14.7 Å². The Morgan fingerprint density at radius 3 is 2.80 bits per heavy atom. The monoisotopic (exact) mass is 345 g/mol. The molecular weight excluding hydrogens is 321 g/mol. The van der Waals surface area contributed by atoms with Crippen LogP contribution in [-0.4, -0.2) is 38.3 Å². The number of carbonyl (C=O) groups excluding carboxylic acids is 1. The molecule has 1 aliphatic rings. The highest BCUT2D eigenvalue weighted by Crippen LogP contribution is 2.33. The second kappa shape index (κ2) is 6.96. The molecule has 0 bridgehead atoms. The van der Waals surface area contributed by atoms with Gasteiger partial charge in [0.1, 0.15) is 5.82 Å². The predicted molar refractivity (Wildman–Crippen MR) is 92.5 cm³/mol. The Bertz CT molecular complexity index is 787. The van der Waals surface area contributed by atoms with Gasteiger partial charge in [0.2, 0.25) is 5.91 Å². The molecule has 2 aromatic rings. The van der Waals surface area contributed by atoms with Gasteiger partial charge in [-0.25, -0.2) is 4.39 Å². The highest BCUT2D eigenvalue weighted by molar-refractivity contribution is 5.77. The molecule has 1 N–H and O–H groups in total. The van der Waals surface area contributed by atoms with Crippen LogP contribution < -0.4 is 0 Å². The van der Waals surface area contributed by atoms with Crippen molar-refractivity contribution in [3.63, 3.8) is 0 Å². The lowest BCUT2D eigenvalue weighted by Crippen LogP contribution is -2.32. The molecule has 0 aliphatic carbocycles. The van der Waals surface area contributed by atoms with Crippen LogP contribution in [0.3, 0.4) is 0 Å². The summed E-state index contributed by atoms with van der Waals surface area (Å²) < 4.78 is 15.4. The summed E-state index contributed by atoms with van der Waals surface area (Å²) >= 11 is 0. The van der Waals surface area contributed by atoms with Gasteiger partial charge in [-0.3, -0.25) is 9.48 Å². The van der Waals surface area contributed by atoms with Crippen LogP contribution in [0, 0.1) is 19.7 Å². The van der Waals surface area contributed by atoms with Crippen molar-refractivity contribution in [3.05, 3.63) is 52.6 Å². The third kappa shape index (κ3) is 3.58. The number of halogens is 1. The Kier molecular flexibility index (Phi) is 4.90. The molecule has 134 valence electrons. The van der Waals surface area contributed by atoms with Crippen LogP contribution in [0.5, 0.6) is 0 Å². The van der Waals surface area contributed by atoms with Gasteiger partial charge in [-0.1, -0.05) is 12.1 Å². The molecule has 2 heterocycles. The molecule has 0 unspecified atom stereocenters. The topological polar surface area (TPSA) is 58.4 Å². The number of likely N-dealkylation sites (tertiary alicyclic amines) is 1. The molecule has 2 atom stereocenters. The van der Waals surface area contributed by atoms with Crippen molar-refractivity contribution in [2.45, 2.75) is 45.3 Å². The lowest BCUT2D eigenvalue weighted by Gasteiger charge is -2.25. The van der Waals surface area contributed by atoms with Gasteiger partial charge in [0.05, 0.1) is 17.8 Å². The predicted octanol–water partition coefficient (Wildman–Crippen LogP) is 2.44. The summed E-state index contributed by atoms with van der Waals surface area (Å²) in [6.07, 6.45) is 0.845. The van der Waals surface area contributed by atoms with E-state index in [1.54, 1.807) is 11.0 Å². The number of nitrogens with zero attached hydrogens (tertiary/aromatic N) is 3. The molecule has 1 fully saturated rings. The van der Waals surface area contributed by atoms with Gasteiger partial charge in [0, 0.05) is 25.7 Å². The second-order valence-corrected chi connectivity index (χ2v) is 6.78. The average Bonchev–Trinajstić information content (AvgIpc) is 3.06. The van der Waals surface area contributed by atoms with Gasteiger partial charge in [0.15, 0.2) is 0 Å². The molecule has 3 rings (SSSR count). The first kappa shape index (κ1) is 17.6. The van der Waals surface area contributed by atoms with Crippen molar-refractivity contribution in [2.24, 2.45) is 7.05 Å². The van der Waals surface area contributed by atoms with E-state index in [2.05, 4.69) is 5.10 Å². The number of benzene rings is 1. The third-order valence-corrected chi connectivity index (χ3v) is 5.08. The van der Waals surface area contributed by atoms with E-state index in [1.807, 2.05) is 31.6 Å². The SMILES string of the molecule is Cc1nn(C)c(C)c1CCC(=O)N1C[C@H](O)C[C@H]1c1cccc(F)c1. The Balaban J connectivity index is 1.73. The van der Waals surface area contributed by atoms with Crippen molar-refractivity contribution >= 4 is 5.91 Å². The third-order valence-electron chi connectivity index (χ3n) is 5.08. The zero-order chi connectivity index (χ0) is 18.1. The summed E-state index contributed by atoms with van der Waals surface area (Å²) in [6.45, 7) is 4.24. The van der Waals surface area contributed by atoms with E-state index in [0.717, 1.165) is 22.5 Å². The fourth-order valence-corrected chi connectivity index (χ4v) is 3.67. The van der Waals surface area contributed by atoms with E-state index in [0.29, 0.717) is 25.8 Å². The highest BCUT2D eigenvalue weighted by Gasteiger charge is 2.35. The van der Waals surface area contributed by atoms with Crippen LogP contribution in [-0.2, 0) is 18.3 Å². The van der Waals surface area contributed by atoms with Gasteiger partial charge in [-0.2, -0.15) is 5.10 Å². The summed E-state index contributed by atoms with van der Waals surface area (Å²) in [7, 11) is 1.89. The largest absolute Gasteiger partial charge is 0.391 e. The number of aromatic nitrogens is 2. The van der Waals surface area contributed by atoms with E-state index in [1.165, 1.54) is 12.1 Å². The maximum atomic E-state index is 13.5. The van der Waals surface area contributed by atoms with Crippen molar-refractivity contribution < 1.29 is 14.3 Å². The normalized spacial score (nSPS) is 20.3. The summed E-state index contributed by atoms with van der Waals surface area (Å²) in [5.74, 6) is -0.346. The molecule has 1 aromatic heterocycles. The number of carbonyl (C=O) groups is 1. The molecule has 1 amide bonds. The molecule has 6 heteroatoms. The minimum Gasteiger partial charge on any atom is -0.391 e. The zero-order valence-electron chi connectivity index (χ0n) is 14.9. The quantitative estimate of drug-likeness (QED) is 0.926. The van der Waals surface area contributed by atoms with Crippen molar-refractivity contribution in [1.29, 1.82) is 0 Å². The highest BCUT2D eigenvalue weighted by atomic mass is 19.1. The van der Waals surface area contributed by atoms with E-state index in [9.17, 15) is 14.3 Å². The van der Waals surface area contributed by atoms with Gasteiger partial charge in [-0.05, 0) is 49.9 Å². The lowest BCUT2D eigenvalue weighted by molar-refractivity contribution is -0.132. The minimum absolute atomic E-state index is 0.0199. The summed E-state index contributed by atoms with van der Waals surface area (Å²) in [5.41, 5.74) is 3.83. The average molecular weight is 345 g/mol. The minimum atomic E-state index is -0.570. The Morgan fingerprint density at radius 2 is 2.16 bits per heavy atom. The molecule has 25 heavy (non-hydrogen) atoms. The lowest BCUT2D eigenvalue weighted by atomic mass is 10.0. The molecule has 0 radical (unpaired) electrons. The fourth-order valence-electron chi connectivity index (χ4n) is 3.67. The summed E-state index contributed by atoms with van der Waals surface area (Å²) in [5, 5.41) is 14.4. The number of aliphatic hydroxyl groups excluding tert-OH is 1. The van der Waals surface area contributed by atoms with Gasteiger partial charge >= 0.3 is 0 Å². The van der Waals surface area contributed by atoms with Crippen LogP contribution in [0.25, 0.3) is 0 Å². The Morgan fingerprint density at radius 1 is 1.40 bits per heavy atom. The van der Waals surface area contributed by atoms with Crippen LogP contribution in [0.1, 0.15) is 41.4 Å². The van der Waals surface area contributed by atoms with Gasteiger partial charge in [0.25, 0.3) is 0 Å². The standard InChI is InChI=1S/C19H24FN3O2/c1-12-17(13(2)22(3)21-12)7-8-19(25)23-11-16(24)10-18(23)14-5-4-6-15(20)9-14/h4-6,9,16,18,24H,7-8,10-11H2,1-3H3/t16-,18+/m1/s1. The van der Waals surface area contributed by atoms with Crippen LogP contribution in [0.15, 0.2) is 24.3 Å². The van der Waals surface area contributed by atoms with E-state index >= 15 is 0 Å². The van der Waals surface area contributed by atoms with Crippen LogP contribution in [0.2, 0.25) is 0 Å². The molecule has 0 spiro atoms. The molecule has 5 nitrogen and oxygen atoms in total. The fraction of sp³-hybridized carbons (Fsp3) is 0.474. The number of hydrogen-bond donors (Lipinski definition) is 1. The number of β-amino-alcohol motifs (C(OH)–C–C–N with tert-alkyl or cyclic N) is 1. The van der Waals surface area contributed by atoms with Crippen LogP contribution >= 0.6 is 0 Å². The van der Waals surface area contributed by atoms with Gasteiger partial charge in [-0.15, -0.1) is 0 Å². The van der Waals surface area contributed by atoms with Crippen molar-refractivity contribution in [2.75, 3.05) is 6.54 Å². The van der Waals surface area contributed by atoms with E-state index in [-0.39, 0.29) is 17.8 Å². The number of amides is 1. The molecule has 1 aliphatic heterocycles.